The molecule has 1 aliphatic heterocycles. The predicted molar refractivity (Wildman–Crippen MR) is 114 cm³/mol. The number of phenols is 1. The van der Waals surface area contributed by atoms with Crippen molar-refractivity contribution >= 4 is 40.7 Å². The van der Waals surface area contributed by atoms with Gasteiger partial charge in [-0.15, -0.1) is 38.0 Å². The van der Waals surface area contributed by atoms with Crippen LogP contribution in [0.3, 0.4) is 0 Å². The molecule has 2 N–H and O–H groups in total. The van der Waals surface area contributed by atoms with Crippen molar-refractivity contribution < 1.29 is 23.0 Å². The molecule has 2 aromatic carbocycles. The summed E-state index contributed by atoms with van der Waals surface area (Å²) >= 11 is 3.47. The summed E-state index contributed by atoms with van der Waals surface area (Å²) < 4.78 is 42.1. The lowest BCUT2D eigenvalue weighted by Gasteiger charge is -2.36. The van der Waals surface area contributed by atoms with E-state index >= 15 is 0 Å². The van der Waals surface area contributed by atoms with Crippen LogP contribution in [0.1, 0.15) is 22.7 Å². The molecule has 1 aliphatic rings. The van der Waals surface area contributed by atoms with Gasteiger partial charge in [0, 0.05) is 36.2 Å². The number of nitrogens with one attached hydrogen (secondary N) is 1. The highest BCUT2D eigenvalue weighted by Gasteiger charge is 2.32. The standard InChI is InChI=1S/C19H20BrF3N2O2.2ClH/c1-12-10-14(20)11-16(18(12)26)17(25-8-6-24-7-9-25)13-2-4-15(5-3-13)27-19(21,22)23;;/h2-5,10-11,17,24,26H,6-9H2,1H3;2*1H/t17-;;/m0../s1. The van der Waals surface area contributed by atoms with Crippen molar-refractivity contribution in [2.75, 3.05) is 26.2 Å². The number of nitrogens with zero attached hydrogens (tertiary/aromatic N) is 1. The molecule has 0 saturated carbocycles. The summed E-state index contributed by atoms with van der Waals surface area (Å²) in [5.41, 5.74) is 2.24. The maximum absolute atomic E-state index is 12.4. The summed E-state index contributed by atoms with van der Waals surface area (Å²) in [4.78, 5) is 2.21. The van der Waals surface area contributed by atoms with Crippen LogP contribution >= 0.6 is 40.7 Å². The zero-order chi connectivity index (χ0) is 19.6. The molecule has 1 fully saturated rings. The predicted octanol–water partition coefficient (Wildman–Crippen LogP) is 5.20. The van der Waals surface area contributed by atoms with E-state index in [-0.39, 0.29) is 42.4 Å². The first-order valence-electron chi connectivity index (χ1n) is 8.54. The first-order valence-corrected chi connectivity index (χ1v) is 9.33. The zero-order valence-electron chi connectivity index (χ0n) is 15.5. The Labute approximate surface area is 188 Å². The van der Waals surface area contributed by atoms with E-state index in [0.717, 1.165) is 41.8 Å². The van der Waals surface area contributed by atoms with Gasteiger partial charge >= 0.3 is 6.36 Å². The van der Waals surface area contributed by atoms with Crippen molar-refractivity contribution in [1.82, 2.24) is 10.2 Å². The van der Waals surface area contributed by atoms with Gasteiger partial charge in [-0.05, 0) is 42.3 Å². The van der Waals surface area contributed by atoms with Crippen LogP contribution in [0.4, 0.5) is 13.2 Å². The number of alkyl halides is 3. The molecule has 0 amide bonds. The fourth-order valence-corrected chi connectivity index (χ4v) is 3.94. The van der Waals surface area contributed by atoms with Gasteiger partial charge in [-0.2, -0.15) is 0 Å². The minimum atomic E-state index is -4.72. The molecule has 0 aromatic heterocycles. The Hall–Kier alpha value is -1.19. The van der Waals surface area contributed by atoms with Crippen molar-refractivity contribution in [2.45, 2.75) is 19.3 Å². The topological polar surface area (TPSA) is 44.7 Å². The second kappa shape index (κ2) is 10.7. The van der Waals surface area contributed by atoms with Crippen molar-refractivity contribution in [2.24, 2.45) is 0 Å². The molecule has 0 unspecified atom stereocenters. The number of aromatic hydroxyl groups is 1. The van der Waals surface area contributed by atoms with E-state index in [4.69, 9.17) is 0 Å². The Kier molecular flexibility index (Phi) is 9.56. The minimum Gasteiger partial charge on any atom is -0.507 e. The molecule has 0 spiro atoms. The molecule has 4 nitrogen and oxygen atoms in total. The summed E-state index contributed by atoms with van der Waals surface area (Å²) in [5, 5.41) is 13.9. The molecule has 0 bridgehead atoms. The van der Waals surface area contributed by atoms with Gasteiger partial charge in [0.1, 0.15) is 11.5 Å². The highest BCUT2D eigenvalue weighted by molar-refractivity contribution is 9.10. The van der Waals surface area contributed by atoms with E-state index in [0.29, 0.717) is 5.56 Å². The SMILES string of the molecule is Cc1cc(Br)cc([C@H](c2ccc(OC(F)(F)F)cc2)N2CCNCC2)c1O.Cl.Cl. The third kappa shape index (κ3) is 6.65. The van der Waals surface area contributed by atoms with Gasteiger partial charge in [0.05, 0.1) is 6.04 Å². The lowest BCUT2D eigenvalue weighted by molar-refractivity contribution is -0.274. The molecular weight excluding hydrogens is 496 g/mol. The smallest absolute Gasteiger partial charge is 0.507 e. The Morgan fingerprint density at radius 3 is 2.24 bits per heavy atom. The lowest BCUT2D eigenvalue weighted by atomic mass is 9.94. The van der Waals surface area contributed by atoms with E-state index in [1.807, 2.05) is 19.1 Å². The highest BCUT2D eigenvalue weighted by Crippen LogP contribution is 2.38. The fraction of sp³-hybridized carbons (Fsp3) is 0.368. The van der Waals surface area contributed by atoms with Crippen LogP contribution in [0.15, 0.2) is 40.9 Å². The second-order valence-electron chi connectivity index (χ2n) is 6.47. The van der Waals surface area contributed by atoms with E-state index < -0.39 is 6.36 Å². The van der Waals surface area contributed by atoms with Gasteiger partial charge in [-0.3, -0.25) is 4.90 Å². The number of phenolic OH excluding ortho intramolecular Hbond substituents is 1. The molecule has 10 heteroatoms. The molecule has 162 valence electrons. The average molecular weight is 518 g/mol. The van der Waals surface area contributed by atoms with Gasteiger partial charge in [0.2, 0.25) is 0 Å². The van der Waals surface area contributed by atoms with Crippen molar-refractivity contribution in [3.8, 4) is 11.5 Å². The largest absolute Gasteiger partial charge is 0.573 e. The monoisotopic (exact) mass is 516 g/mol. The van der Waals surface area contributed by atoms with Crippen LogP contribution in [-0.4, -0.2) is 42.5 Å². The number of piperazine rings is 1. The number of rotatable bonds is 4. The molecule has 1 saturated heterocycles. The highest BCUT2D eigenvalue weighted by atomic mass is 79.9. The van der Waals surface area contributed by atoms with Crippen molar-refractivity contribution in [1.29, 1.82) is 0 Å². The third-order valence-electron chi connectivity index (χ3n) is 4.54. The zero-order valence-corrected chi connectivity index (χ0v) is 18.7. The molecule has 29 heavy (non-hydrogen) atoms. The Morgan fingerprint density at radius 1 is 1.10 bits per heavy atom. The summed E-state index contributed by atoms with van der Waals surface area (Å²) in [6.45, 7) is 4.95. The Morgan fingerprint density at radius 2 is 1.69 bits per heavy atom. The number of halogens is 6. The molecule has 2 aromatic rings. The number of aryl methyl sites for hydroxylation is 1. The van der Waals surface area contributed by atoms with Crippen LogP contribution in [0.5, 0.6) is 11.5 Å². The molecule has 1 heterocycles. The van der Waals surface area contributed by atoms with Gasteiger partial charge in [0.15, 0.2) is 0 Å². The van der Waals surface area contributed by atoms with Gasteiger partial charge in [-0.25, -0.2) is 0 Å². The van der Waals surface area contributed by atoms with E-state index in [1.54, 1.807) is 12.1 Å². The summed E-state index contributed by atoms with van der Waals surface area (Å²) in [7, 11) is 0. The summed E-state index contributed by atoms with van der Waals surface area (Å²) in [6, 6.07) is 9.25. The number of hydrogen-bond acceptors (Lipinski definition) is 4. The van der Waals surface area contributed by atoms with Gasteiger partial charge < -0.3 is 15.2 Å². The molecule has 3 rings (SSSR count). The van der Waals surface area contributed by atoms with Crippen molar-refractivity contribution in [3.05, 3.63) is 57.6 Å². The maximum Gasteiger partial charge on any atom is 0.573 e. The van der Waals surface area contributed by atoms with Crippen LogP contribution in [0, 0.1) is 6.92 Å². The second-order valence-corrected chi connectivity index (χ2v) is 7.38. The van der Waals surface area contributed by atoms with E-state index in [1.165, 1.54) is 12.1 Å². The summed E-state index contributed by atoms with van der Waals surface area (Å²) in [6.07, 6.45) is -4.72. The molecular formula is C19H22BrCl2F3N2O2. The van der Waals surface area contributed by atoms with Gasteiger partial charge in [0.25, 0.3) is 0 Å². The first kappa shape index (κ1) is 25.8. The van der Waals surface area contributed by atoms with E-state index in [2.05, 4.69) is 30.9 Å². The van der Waals surface area contributed by atoms with Crippen LogP contribution in [0.2, 0.25) is 0 Å². The van der Waals surface area contributed by atoms with Crippen molar-refractivity contribution in [3.63, 3.8) is 0 Å². The minimum absolute atomic E-state index is 0. The average Bonchev–Trinajstić information content (AvgIpc) is 2.60. The van der Waals surface area contributed by atoms with Crippen LogP contribution in [-0.2, 0) is 0 Å². The van der Waals surface area contributed by atoms with Crippen LogP contribution in [0.25, 0.3) is 0 Å². The first-order chi connectivity index (χ1) is 12.7. The van der Waals surface area contributed by atoms with Gasteiger partial charge in [-0.1, -0.05) is 28.1 Å². The number of benzene rings is 2. The number of hydrogen-bond donors (Lipinski definition) is 2. The lowest BCUT2D eigenvalue weighted by Crippen LogP contribution is -2.45. The van der Waals surface area contributed by atoms with E-state index in [9.17, 15) is 18.3 Å². The maximum atomic E-state index is 12.4. The Bertz CT molecular complexity index is 801. The van der Waals surface area contributed by atoms with Crippen LogP contribution < -0.4 is 10.1 Å². The summed E-state index contributed by atoms with van der Waals surface area (Å²) in [5.74, 6) is -0.0719. The fourth-order valence-electron chi connectivity index (χ4n) is 3.35. The molecule has 0 radical (unpaired) electrons. The molecule has 1 atom stereocenters. The molecule has 0 aliphatic carbocycles. The Balaban J connectivity index is 0.00000210. The number of ether oxygens (including phenoxy) is 1. The normalized spacial score (nSPS) is 15.8. The quantitative estimate of drug-likeness (QED) is 0.585. The third-order valence-corrected chi connectivity index (χ3v) is 4.99.